The molecule has 0 radical (unpaired) electrons. The highest BCUT2D eigenvalue weighted by molar-refractivity contribution is 5.76. The summed E-state index contributed by atoms with van der Waals surface area (Å²) in [5.41, 5.74) is 2.17. The molecular formula is C14H19N3O. The number of imidazole rings is 1. The smallest absolute Gasteiger partial charge is 0.222 e. The molecule has 0 saturated heterocycles. The van der Waals surface area contributed by atoms with E-state index in [1.807, 2.05) is 25.1 Å². The molecule has 0 fully saturated rings. The summed E-state index contributed by atoms with van der Waals surface area (Å²) < 4.78 is 2.18. The molecule has 0 saturated carbocycles. The van der Waals surface area contributed by atoms with Crippen LogP contribution < -0.4 is 0 Å². The Morgan fingerprint density at radius 1 is 1.33 bits per heavy atom. The monoisotopic (exact) mass is 245 g/mol. The third kappa shape index (κ3) is 2.53. The van der Waals surface area contributed by atoms with Crippen LogP contribution in [0.2, 0.25) is 0 Å². The molecule has 1 aromatic carbocycles. The molecule has 0 aliphatic rings. The topological polar surface area (TPSA) is 38.1 Å². The van der Waals surface area contributed by atoms with Crippen molar-refractivity contribution in [3.8, 4) is 0 Å². The molecule has 1 aromatic heterocycles. The van der Waals surface area contributed by atoms with Crippen molar-refractivity contribution in [3.05, 3.63) is 30.1 Å². The van der Waals surface area contributed by atoms with E-state index >= 15 is 0 Å². The third-order valence-corrected chi connectivity index (χ3v) is 3.12. The van der Waals surface area contributed by atoms with Gasteiger partial charge in [-0.2, -0.15) is 0 Å². The number of aromatic nitrogens is 2. The second-order valence-electron chi connectivity index (χ2n) is 4.69. The quantitative estimate of drug-likeness (QED) is 0.828. The largest absolute Gasteiger partial charge is 0.349 e. The normalized spacial score (nSPS) is 10.8. The summed E-state index contributed by atoms with van der Waals surface area (Å²) in [6, 6.07) is 8.10. The van der Waals surface area contributed by atoms with Crippen LogP contribution in [0, 0.1) is 6.92 Å². The van der Waals surface area contributed by atoms with Gasteiger partial charge in [-0.05, 0) is 25.5 Å². The molecule has 96 valence electrons. The van der Waals surface area contributed by atoms with E-state index in [2.05, 4.69) is 15.6 Å². The van der Waals surface area contributed by atoms with Crippen LogP contribution in [0.15, 0.2) is 24.3 Å². The molecule has 1 heterocycles. The predicted molar refractivity (Wildman–Crippen MR) is 72.4 cm³/mol. The van der Waals surface area contributed by atoms with Crippen molar-refractivity contribution in [3.63, 3.8) is 0 Å². The van der Waals surface area contributed by atoms with Crippen LogP contribution in [0.5, 0.6) is 0 Å². The molecule has 2 aromatic rings. The van der Waals surface area contributed by atoms with E-state index in [9.17, 15) is 4.79 Å². The maximum Gasteiger partial charge on any atom is 0.222 e. The Balaban J connectivity index is 2.08. The Morgan fingerprint density at radius 3 is 2.78 bits per heavy atom. The van der Waals surface area contributed by atoms with Gasteiger partial charge in [0, 0.05) is 27.1 Å². The van der Waals surface area contributed by atoms with Crippen molar-refractivity contribution < 1.29 is 4.79 Å². The van der Waals surface area contributed by atoms with Gasteiger partial charge in [0.15, 0.2) is 0 Å². The second kappa shape index (κ2) is 5.21. The standard InChI is InChI=1S/C14H19N3O/c1-11-15-12-7-4-5-8-13(12)17(11)10-6-9-14(18)16(2)3/h4-5,7-8H,6,9-10H2,1-3H3. The minimum Gasteiger partial charge on any atom is -0.349 e. The van der Waals surface area contributed by atoms with Crippen LogP contribution in [-0.2, 0) is 11.3 Å². The average Bonchev–Trinajstić information content (AvgIpc) is 2.65. The van der Waals surface area contributed by atoms with Crippen LogP contribution in [0.3, 0.4) is 0 Å². The number of fused-ring (bicyclic) bond motifs is 1. The second-order valence-corrected chi connectivity index (χ2v) is 4.69. The fourth-order valence-corrected chi connectivity index (χ4v) is 2.09. The first-order chi connectivity index (χ1) is 8.59. The zero-order chi connectivity index (χ0) is 13.1. The van der Waals surface area contributed by atoms with E-state index in [0.29, 0.717) is 6.42 Å². The van der Waals surface area contributed by atoms with Crippen LogP contribution in [0.1, 0.15) is 18.7 Å². The van der Waals surface area contributed by atoms with Gasteiger partial charge in [0.1, 0.15) is 5.82 Å². The number of carbonyl (C=O) groups is 1. The fraction of sp³-hybridized carbons (Fsp3) is 0.429. The van der Waals surface area contributed by atoms with Gasteiger partial charge in [0.05, 0.1) is 11.0 Å². The van der Waals surface area contributed by atoms with Crippen molar-refractivity contribution >= 4 is 16.9 Å². The Kier molecular flexibility index (Phi) is 3.65. The number of hydrogen-bond acceptors (Lipinski definition) is 2. The molecule has 0 unspecified atom stereocenters. The van der Waals surface area contributed by atoms with Crippen molar-refractivity contribution in [2.45, 2.75) is 26.3 Å². The molecule has 0 aliphatic carbocycles. The summed E-state index contributed by atoms with van der Waals surface area (Å²) in [5.74, 6) is 1.19. The number of aryl methyl sites for hydroxylation is 2. The Morgan fingerprint density at radius 2 is 2.06 bits per heavy atom. The number of benzene rings is 1. The van der Waals surface area contributed by atoms with Crippen molar-refractivity contribution in [1.82, 2.24) is 14.5 Å². The van der Waals surface area contributed by atoms with E-state index in [-0.39, 0.29) is 5.91 Å². The molecule has 0 aliphatic heterocycles. The van der Waals surface area contributed by atoms with Gasteiger partial charge in [0.25, 0.3) is 0 Å². The summed E-state index contributed by atoms with van der Waals surface area (Å²) >= 11 is 0. The van der Waals surface area contributed by atoms with Gasteiger partial charge in [0.2, 0.25) is 5.91 Å². The first-order valence-electron chi connectivity index (χ1n) is 6.21. The molecule has 0 spiro atoms. The summed E-state index contributed by atoms with van der Waals surface area (Å²) in [5, 5.41) is 0. The lowest BCUT2D eigenvalue weighted by Gasteiger charge is -2.11. The molecular weight excluding hydrogens is 226 g/mol. The molecule has 1 amide bonds. The first kappa shape index (κ1) is 12.6. The summed E-state index contributed by atoms with van der Waals surface area (Å²) in [6.45, 7) is 2.85. The van der Waals surface area contributed by atoms with Crippen molar-refractivity contribution in [1.29, 1.82) is 0 Å². The van der Waals surface area contributed by atoms with Crippen molar-refractivity contribution in [2.75, 3.05) is 14.1 Å². The van der Waals surface area contributed by atoms with Gasteiger partial charge >= 0.3 is 0 Å². The van der Waals surface area contributed by atoms with Crippen LogP contribution in [0.4, 0.5) is 0 Å². The first-order valence-corrected chi connectivity index (χ1v) is 6.21. The number of carbonyl (C=O) groups excluding carboxylic acids is 1. The lowest BCUT2D eigenvalue weighted by Crippen LogP contribution is -2.21. The van der Waals surface area contributed by atoms with Gasteiger partial charge in [-0.25, -0.2) is 4.98 Å². The number of rotatable bonds is 4. The SMILES string of the molecule is Cc1nc2ccccc2n1CCCC(=O)N(C)C. The molecule has 4 heteroatoms. The summed E-state index contributed by atoms with van der Waals surface area (Å²) in [4.78, 5) is 17.7. The van der Waals surface area contributed by atoms with Gasteiger partial charge in [-0.3, -0.25) is 4.79 Å². The average molecular weight is 245 g/mol. The van der Waals surface area contributed by atoms with E-state index in [0.717, 1.165) is 29.8 Å². The fourth-order valence-electron chi connectivity index (χ4n) is 2.09. The number of nitrogens with zero attached hydrogens (tertiary/aromatic N) is 3. The van der Waals surface area contributed by atoms with Crippen LogP contribution in [-0.4, -0.2) is 34.5 Å². The predicted octanol–water partition coefficient (Wildman–Crippen LogP) is 2.21. The lowest BCUT2D eigenvalue weighted by atomic mass is 10.2. The number of amides is 1. The van der Waals surface area contributed by atoms with Crippen LogP contribution >= 0.6 is 0 Å². The van der Waals surface area contributed by atoms with Crippen molar-refractivity contribution in [2.24, 2.45) is 0 Å². The highest BCUT2D eigenvalue weighted by Gasteiger charge is 2.08. The van der Waals surface area contributed by atoms with E-state index in [4.69, 9.17) is 0 Å². The minimum absolute atomic E-state index is 0.178. The zero-order valence-corrected chi connectivity index (χ0v) is 11.2. The Labute approximate surface area is 107 Å². The third-order valence-electron chi connectivity index (χ3n) is 3.12. The van der Waals surface area contributed by atoms with Gasteiger partial charge in [-0.15, -0.1) is 0 Å². The Hall–Kier alpha value is -1.84. The zero-order valence-electron chi connectivity index (χ0n) is 11.2. The number of hydrogen-bond donors (Lipinski definition) is 0. The minimum atomic E-state index is 0.178. The molecule has 0 N–H and O–H groups in total. The molecule has 4 nitrogen and oxygen atoms in total. The maximum absolute atomic E-state index is 11.5. The molecule has 18 heavy (non-hydrogen) atoms. The maximum atomic E-state index is 11.5. The van der Waals surface area contributed by atoms with Gasteiger partial charge < -0.3 is 9.47 Å². The molecule has 2 rings (SSSR count). The molecule has 0 bridgehead atoms. The van der Waals surface area contributed by atoms with Gasteiger partial charge in [-0.1, -0.05) is 12.1 Å². The van der Waals surface area contributed by atoms with E-state index < -0.39 is 0 Å². The van der Waals surface area contributed by atoms with Crippen LogP contribution in [0.25, 0.3) is 11.0 Å². The van der Waals surface area contributed by atoms with E-state index in [1.165, 1.54) is 0 Å². The molecule has 0 atom stereocenters. The highest BCUT2D eigenvalue weighted by Crippen LogP contribution is 2.16. The van der Waals surface area contributed by atoms with E-state index in [1.54, 1.807) is 19.0 Å². The lowest BCUT2D eigenvalue weighted by molar-refractivity contribution is -0.128. The number of para-hydroxylation sites is 2. The summed E-state index contributed by atoms with van der Waals surface area (Å²) in [7, 11) is 3.58. The summed E-state index contributed by atoms with van der Waals surface area (Å²) in [6.07, 6.45) is 1.43. The Bertz CT molecular complexity index is 557. The highest BCUT2D eigenvalue weighted by atomic mass is 16.2.